The van der Waals surface area contributed by atoms with E-state index in [-0.39, 0.29) is 12.3 Å². The molecule has 34 heavy (non-hydrogen) atoms. The Bertz CT molecular complexity index is 1320. The van der Waals surface area contributed by atoms with Gasteiger partial charge in [0, 0.05) is 23.7 Å². The van der Waals surface area contributed by atoms with Crippen molar-refractivity contribution in [1.82, 2.24) is 9.55 Å². The molecule has 0 unspecified atom stereocenters. The predicted octanol–water partition coefficient (Wildman–Crippen LogP) is 6.07. The molecule has 0 bridgehead atoms. The molecule has 1 amide bonds. The summed E-state index contributed by atoms with van der Waals surface area (Å²) in [6.45, 7) is 0. The van der Waals surface area contributed by atoms with E-state index in [9.17, 15) is 9.59 Å². The van der Waals surface area contributed by atoms with Gasteiger partial charge in [-0.15, -0.1) is 0 Å². The molecule has 4 aromatic rings. The summed E-state index contributed by atoms with van der Waals surface area (Å²) in [5.74, 6) is -0.195. The number of carboxylic acid groups (broad SMARTS) is 1. The molecule has 0 radical (unpaired) electrons. The molecule has 174 valence electrons. The van der Waals surface area contributed by atoms with Crippen LogP contribution in [0.4, 0.5) is 5.69 Å². The van der Waals surface area contributed by atoms with Gasteiger partial charge in [-0.05, 0) is 61.2 Å². The molecule has 0 aliphatic heterocycles. The molecule has 1 aliphatic rings. The number of carbonyl (C=O) groups excluding carboxylic acids is 1. The summed E-state index contributed by atoms with van der Waals surface area (Å²) in [6.07, 6.45) is 9.77. The predicted molar refractivity (Wildman–Crippen MR) is 130 cm³/mol. The molecule has 0 atom stereocenters. The van der Waals surface area contributed by atoms with Crippen LogP contribution in [0.3, 0.4) is 0 Å². The van der Waals surface area contributed by atoms with Crippen LogP contribution in [0.2, 0.25) is 0 Å². The van der Waals surface area contributed by atoms with Crippen molar-refractivity contribution >= 4 is 28.6 Å². The van der Waals surface area contributed by atoms with Crippen molar-refractivity contribution in [2.75, 3.05) is 5.32 Å². The Labute approximate surface area is 197 Å². The van der Waals surface area contributed by atoms with Gasteiger partial charge in [0.15, 0.2) is 0 Å². The molecular formula is C27H27N3O4. The van der Waals surface area contributed by atoms with E-state index in [1.165, 1.54) is 19.3 Å². The van der Waals surface area contributed by atoms with E-state index < -0.39 is 5.97 Å². The number of benzene rings is 2. The molecule has 1 aliphatic carbocycles. The third-order valence-corrected chi connectivity index (χ3v) is 6.48. The fraction of sp³-hybridized carbons (Fsp3) is 0.296. The highest BCUT2D eigenvalue weighted by Gasteiger charge is 2.23. The number of carbonyl (C=O) groups is 2. The molecule has 2 heterocycles. The Hall–Kier alpha value is -3.87. The number of fused-ring (bicyclic) bond motifs is 1. The van der Waals surface area contributed by atoms with Gasteiger partial charge >= 0.3 is 5.97 Å². The van der Waals surface area contributed by atoms with Crippen molar-refractivity contribution in [3.63, 3.8) is 0 Å². The van der Waals surface area contributed by atoms with E-state index in [4.69, 9.17) is 14.5 Å². The Morgan fingerprint density at radius 1 is 1.09 bits per heavy atom. The van der Waals surface area contributed by atoms with Gasteiger partial charge in [0.1, 0.15) is 12.1 Å². The normalized spacial score (nSPS) is 14.4. The lowest BCUT2D eigenvalue weighted by atomic mass is 9.95. The maximum absolute atomic E-state index is 13.0. The van der Waals surface area contributed by atoms with Crippen molar-refractivity contribution in [3.05, 3.63) is 72.2 Å². The molecule has 7 nitrogen and oxygen atoms in total. The number of rotatable bonds is 7. The van der Waals surface area contributed by atoms with Crippen LogP contribution in [-0.4, -0.2) is 26.5 Å². The number of furan rings is 1. The number of aromatic nitrogens is 2. The number of hydrogen-bond donors (Lipinski definition) is 2. The number of nitrogens with one attached hydrogen (secondary N) is 1. The number of anilines is 1. The lowest BCUT2D eigenvalue weighted by Gasteiger charge is -2.25. The summed E-state index contributed by atoms with van der Waals surface area (Å²) in [5.41, 5.74) is 4.77. The number of carboxylic acids is 1. The standard InChI is InChI=1S/C27H27N3O4/c31-25(32)12-9-18-5-4-6-21(15-18)28-27(33)19-10-11-24-23(16-19)29-26(20-13-14-34-17-20)30(24)22-7-2-1-3-8-22/h4-6,10-11,13-17,22H,1-3,7-9,12H2,(H,28,33)(H,31,32). The van der Waals surface area contributed by atoms with Crippen LogP contribution in [0.5, 0.6) is 0 Å². The van der Waals surface area contributed by atoms with Crippen LogP contribution in [0.1, 0.15) is 60.5 Å². The maximum atomic E-state index is 13.0. The molecule has 2 aromatic carbocycles. The SMILES string of the molecule is O=C(O)CCc1cccc(NC(=O)c2ccc3c(c2)nc(-c2ccoc2)n3C2CCCCC2)c1. The number of imidazole rings is 1. The van der Waals surface area contributed by atoms with E-state index >= 15 is 0 Å². The van der Waals surface area contributed by atoms with Gasteiger partial charge in [0.2, 0.25) is 0 Å². The Morgan fingerprint density at radius 2 is 1.94 bits per heavy atom. The average Bonchev–Trinajstić information content (AvgIpc) is 3.51. The number of nitrogens with zero attached hydrogens (tertiary/aromatic N) is 2. The molecule has 0 saturated heterocycles. The summed E-state index contributed by atoms with van der Waals surface area (Å²) < 4.78 is 7.64. The minimum Gasteiger partial charge on any atom is -0.481 e. The number of aryl methyl sites for hydroxylation is 1. The van der Waals surface area contributed by atoms with Gasteiger partial charge in [0.25, 0.3) is 5.91 Å². The van der Waals surface area contributed by atoms with Gasteiger partial charge in [-0.2, -0.15) is 0 Å². The molecule has 7 heteroatoms. The number of hydrogen-bond acceptors (Lipinski definition) is 4. The topological polar surface area (TPSA) is 97.4 Å². The van der Waals surface area contributed by atoms with E-state index in [1.807, 2.05) is 42.5 Å². The minimum atomic E-state index is -0.842. The molecule has 1 saturated carbocycles. The largest absolute Gasteiger partial charge is 0.481 e. The van der Waals surface area contributed by atoms with Crippen molar-refractivity contribution < 1.29 is 19.1 Å². The highest BCUT2D eigenvalue weighted by Crippen LogP contribution is 2.36. The first-order valence-corrected chi connectivity index (χ1v) is 11.7. The maximum Gasteiger partial charge on any atom is 0.303 e. The molecule has 2 N–H and O–H groups in total. The molecule has 0 spiro atoms. The highest BCUT2D eigenvalue weighted by molar-refractivity contribution is 6.06. The van der Waals surface area contributed by atoms with E-state index in [0.717, 1.165) is 40.8 Å². The summed E-state index contributed by atoms with van der Waals surface area (Å²) in [5, 5.41) is 11.8. The van der Waals surface area contributed by atoms with Crippen LogP contribution >= 0.6 is 0 Å². The monoisotopic (exact) mass is 457 g/mol. The van der Waals surface area contributed by atoms with Crippen molar-refractivity contribution in [2.24, 2.45) is 0 Å². The molecule has 1 fully saturated rings. The van der Waals surface area contributed by atoms with E-state index in [0.29, 0.717) is 23.7 Å². The Morgan fingerprint density at radius 3 is 2.71 bits per heavy atom. The van der Waals surface area contributed by atoms with Crippen LogP contribution in [0.25, 0.3) is 22.4 Å². The lowest BCUT2D eigenvalue weighted by molar-refractivity contribution is -0.136. The molecular weight excluding hydrogens is 430 g/mol. The van der Waals surface area contributed by atoms with Crippen LogP contribution in [0.15, 0.2) is 65.5 Å². The van der Waals surface area contributed by atoms with E-state index in [1.54, 1.807) is 18.6 Å². The summed E-state index contributed by atoms with van der Waals surface area (Å²) in [6, 6.07) is 15.3. The van der Waals surface area contributed by atoms with Crippen LogP contribution in [0, 0.1) is 0 Å². The number of aliphatic carboxylic acids is 1. The van der Waals surface area contributed by atoms with Gasteiger partial charge in [-0.25, -0.2) is 4.98 Å². The lowest BCUT2D eigenvalue weighted by Crippen LogP contribution is -2.14. The first-order valence-electron chi connectivity index (χ1n) is 11.7. The second-order valence-electron chi connectivity index (χ2n) is 8.86. The molecule has 5 rings (SSSR count). The third-order valence-electron chi connectivity index (χ3n) is 6.48. The second kappa shape index (κ2) is 9.55. The first kappa shape index (κ1) is 21.9. The third kappa shape index (κ3) is 4.59. The highest BCUT2D eigenvalue weighted by atomic mass is 16.4. The minimum absolute atomic E-state index is 0.0523. The van der Waals surface area contributed by atoms with Crippen molar-refractivity contribution in [2.45, 2.75) is 51.0 Å². The van der Waals surface area contributed by atoms with Gasteiger partial charge in [0.05, 0.1) is 22.9 Å². The summed E-state index contributed by atoms with van der Waals surface area (Å²) in [4.78, 5) is 28.8. The first-order chi connectivity index (χ1) is 16.6. The van der Waals surface area contributed by atoms with E-state index in [2.05, 4.69) is 9.88 Å². The average molecular weight is 458 g/mol. The second-order valence-corrected chi connectivity index (χ2v) is 8.86. The summed E-state index contributed by atoms with van der Waals surface area (Å²) >= 11 is 0. The van der Waals surface area contributed by atoms with Crippen molar-refractivity contribution in [1.29, 1.82) is 0 Å². The fourth-order valence-corrected chi connectivity index (χ4v) is 4.80. The number of amides is 1. The quantitative estimate of drug-likeness (QED) is 0.351. The zero-order chi connectivity index (χ0) is 23.5. The zero-order valence-corrected chi connectivity index (χ0v) is 18.9. The Balaban J connectivity index is 1.43. The Kier molecular flexibility index (Phi) is 6.16. The van der Waals surface area contributed by atoms with Crippen LogP contribution < -0.4 is 5.32 Å². The zero-order valence-electron chi connectivity index (χ0n) is 18.9. The smallest absolute Gasteiger partial charge is 0.303 e. The summed E-state index contributed by atoms with van der Waals surface area (Å²) in [7, 11) is 0. The van der Waals surface area contributed by atoms with Gasteiger partial charge in [-0.1, -0.05) is 31.4 Å². The molecule has 2 aromatic heterocycles. The van der Waals surface area contributed by atoms with Gasteiger partial charge in [-0.3, -0.25) is 9.59 Å². The van der Waals surface area contributed by atoms with Crippen LogP contribution in [-0.2, 0) is 11.2 Å². The fourth-order valence-electron chi connectivity index (χ4n) is 4.80. The van der Waals surface area contributed by atoms with Gasteiger partial charge < -0.3 is 19.4 Å². The van der Waals surface area contributed by atoms with Crippen molar-refractivity contribution in [3.8, 4) is 11.4 Å².